The van der Waals surface area contributed by atoms with Gasteiger partial charge in [-0.15, -0.1) is 0 Å². The molecule has 0 saturated carbocycles. The van der Waals surface area contributed by atoms with Gasteiger partial charge in [0.2, 0.25) is 0 Å². The van der Waals surface area contributed by atoms with E-state index < -0.39 is 24.0 Å². The molecular formula is C11H18O5. The first kappa shape index (κ1) is 13.2. The standard InChI is InChI=1S/C11H18O5/c1-7(10(13)14-4)5-8-9(6-12)16-11(2,3)15-8/h5,8-9,12H,6H2,1-4H3/b7-5+/t8-,9+/m0/s1. The topological polar surface area (TPSA) is 65.0 Å². The van der Waals surface area contributed by atoms with E-state index in [4.69, 9.17) is 14.6 Å². The summed E-state index contributed by atoms with van der Waals surface area (Å²) in [6.45, 7) is 5.00. The second kappa shape index (κ2) is 4.95. The second-order valence-corrected chi connectivity index (χ2v) is 4.16. The van der Waals surface area contributed by atoms with Gasteiger partial charge < -0.3 is 19.3 Å². The maximum absolute atomic E-state index is 11.2. The van der Waals surface area contributed by atoms with Gasteiger partial charge in [0.05, 0.1) is 13.7 Å². The van der Waals surface area contributed by atoms with E-state index in [1.165, 1.54) is 7.11 Å². The number of hydrogen-bond acceptors (Lipinski definition) is 5. The number of aliphatic hydroxyl groups excluding tert-OH is 1. The van der Waals surface area contributed by atoms with Crippen molar-refractivity contribution in [3.8, 4) is 0 Å². The quantitative estimate of drug-likeness (QED) is 0.568. The van der Waals surface area contributed by atoms with Crippen LogP contribution in [0.1, 0.15) is 20.8 Å². The van der Waals surface area contributed by atoms with E-state index in [1.54, 1.807) is 26.8 Å². The molecular weight excluding hydrogens is 212 g/mol. The number of carbonyl (C=O) groups is 1. The lowest BCUT2D eigenvalue weighted by atomic mass is 10.1. The third kappa shape index (κ3) is 3.04. The van der Waals surface area contributed by atoms with Gasteiger partial charge in [0.15, 0.2) is 5.79 Å². The van der Waals surface area contributed by atoms with Crippen LogP contribution in [0.5, 0.6) is 0 Å². The lowest BCUT2D eigenvalue weighted by Crippen LogP contribution is -2.25. The fourth-order valence-corrected chi connectivity index (χ4v) is 1.62. The van der Waals surface area contributed by atoms with Gasteiger partial charge >= 0.3 is 5.97 Å². The van der Waals surface area contributed by atoms with Crippen molar-refractivity contribution in [1.29, 1.82) is 0 Å². The SMILES string of the molecule is COC(=O)/C(C)=C/[C@@H]1OC(C)(C)O[C@@H]1CO. The molecule has 5 heteroatoms. The van der Waals surface area contributed by atoms with E-state index >= 15 is 0 Å². The molecule has 0 aromatic carbocycles. The van der Waals surface area contributed by atoms with Crippen molar-refractivity contribution >= 4 is 5.97 Å². The molecule has 1 heterocycles. The third-order valence-corrected chi connectivity index (χ3v) is 2.32. The summed E-state index contributed by atoms with van der Waals surface area (Å²) in [5, 5.41) is 9.13. The van der Waals surface area contributed by atoms with Crippen molar-refractivity contribution in [3.63, 3.8) is 0 Å². The Bertz CT molecular complexity index is 295. The smallest absolute Gasteiger partial charge is 0.333 e. The minimum Gasteiger partial charge on any atom is -0.466 e. The first-order valence-corrected chi connectivity index (χ1v) is 5.13. The summed E-state index contributed by atoms with van der Waals surface area (Å²) < 4.78 is 15.6. The first-order valence-electron chi connectivity index (χ1n) is 5.13. The van der Waals surface area contributed by atoms with Crippen LogP contribution in [-0.2, 0) is 19.0 Å². The summed E-state index contributed by atoms with van der Waals surface area (Å²) in [7, 11) is 1.32. The highest BCUT2D eigenvalue weighted by atomic mass is 16.8. The Labute approximate surface area is 95.0 Å². The second-order valence-electron chi connectivity index (χ2n) is 4.16. The molecule has 0 aliphatic carbocycles. The van der Waals surface area contributed by atoms with Crippen LogP contribution in [0.15, 0.2) is 11.6 Å². The van der Waals surface area contributed by atoms with Crippen molar-refractivity contribution in [2.24, 2.45) is 0 Å². The van der Waals surface area contributed by atoms with Gasteiger partial charge in [-0.2, -0.15) is 0 Å². The van der Waals surface area contributed by atoms with Crippen LogP contribution in [-0.4, -0.2) is 42.8 Å². The zero-order valence-electron chi connectivity index (χ0n) is 10.0. The largest absolute Gasteiger partial charge is 0.466 e. The summed E-state index contributed by atoms with van der Waals surface area (Å²) in [4.78, 5) is 11.2. The predicted molar refractivity (Wildman–Crippen MR) is 56.7 cm³/mol. The molecule has 0 radical (unpaired) electrons. The van der Waals surface area contributed by atoms with Crippen LogP contribution < -0.4 is 0 Å². The highest BCUT2D eigenvalue weighted by Crippen LogP contribution is 2.29. The molecule has 0 spiro atoms. The van der Waals surface area contributed by atoms with Crippen molar-refractivity contribution in [3.05, 3.63) is 11.6 Å². The number of aliphatic hydroxyl groups is 1. The maximum Gasteiger partial charge on any atom is 0.333 e. The number of hydrogen-bond donors (Lipinski definition) is 1. The van der Waals surface area contributed by atoms with Crippen LogP contribution in [0, 0.1) is 0 Å². The number of ether oxygens (including phenoxy) is 3. The molecule has 0 aromatic rings. The fourth-order valence-electron chi connectivity index (χ4n) is 1.62. The van der Waals surface area contributed by atoms with Crippen LogP contribution in [0.2, 0.25) is 0 Å². The van der Waals surface area contributed by atoms with Crippen molar-refractivity contribution < 1.29 is 24.1 Å². The molecule has 5 nitrogen and oxygen atoms in total. The lowest BCUT2D eigenvalue weighted by molar-refractivity contribution is -0.146. The minimum atomic E-state index is -0.745. The van der Waals surface area contributed by atoms with Crippen molar-refractivity contribution in [2.75, 3.05) is 13.7 Å². The molecule has 92 valence electrons. The average Bonchev–Trinajstić information content (AvgIpc) is 2.51. The molecule has 1 aliphatic rings. The predicted octanol–water partition coefficient (Wildman–Crippen LogP) is 0.618. The number of carbonyl (C=O) groups excluding carboxylic acids is 1. The Morgan fingerprint density at radius 1 is 1.50 bits per heavy atom. The zero-order chi connectivity index (χ0) is 12.3. The Hall–Kier alpha value is -0.910. The van der Waals surface area contributed by atoms with Gasteiger partial charge in [0.1, 0.15) is 12.2 Å². The van der Waals surface area contributed by atoms with E-state index in [-0.39, 0.29) is 6.61 Å². The van der Waals surface area contributed by atoms with Crippen LogP contribution in [0.4, 0.5) is 0 Å². The maximum atomic E-state index is 11.2. The van der Waals surface area contributed by atoms with Gasteiger partial charge in [-0.1, -0.05) is 0 Å². The molecule has 2 atom stereocenters. The molecule has 1 aliphatic heterocycles. The summed E-state index contributed by atoms with van der Waals surface area (Å²) in [6.07, 6.45) is 0.732. The zero-order valence-corrected chi connectivity index (χ0v) is 10.0. The number of rotatable bonds is 3. The summed E-state index contributed by atoms with van der Waals surface area (Å²) in [5.41, 5.74) is 0.437. The normalized spacial score (nSPS) is 29.2. The molecule has 0 amide bonds. The molecule has 1 saturated heterocycles. The Morgan fingerprint density at radius 2 is 2.12 bits per heavy atom. The molecule has 0 bridgehead atoms. The molecule has 1 rings (SSSR count). The van der Waals surface area contributed by atoms with Crippen LogP contribution in [0.25, 0.3) is 0 Å². The van der Waals surface area contributed by atoms with Crippen molar-refractivity contribution in [2.45, 2.75) is 38.8 Å². The van der Waals surface area contributed by atoms with E-state index in [1.807, 2.05) is 0 Å². The van der Waals surface area contributed by atoms with Gasteiger partial charge in [0, 0.05) is 5.57 Å². The Morgan fingerprint density at radius 3 is 2.62 bits per heavy atom. The Kier molecular flexibility index (Phi) is 4.07. The van der Waals surface area contributed by atoms with Gasteiger partial charge in [0.25, 0.3) is 0 Å². The monoisotopic (exact) mass is 230 g/mol. The number of esters is 1. The summed E-state index contributed by atoms with van der Waals surface area (Å²) in [5.74, 6) is -1.16. The molecule has 0 aromatic heterocycles. The molecule has 16 heavy (non-hydrogen) atoms. The van der Waals surface area contributed by atoms with Crippen LogP contribution >= 0.6 is 0 Å². The van der Waals surface area contributed by atoms with E-state index in [2.05, 4.69) is 4.74 Å². The number of methoxy groups -OCH3 is 1. The highest BCUT2D eigenvalue weighted by Gasteiger charge is 2.39. The van der Waals surface area contributed by atoms with E-state index in [0.717, 1.165) is 0 Å². The molecule has 1 N–H and O–H groups in total. The molecule has 1 fully saturated rings. The highest BCUT2D eigenvalue weighted by molar-refractivity contribution is 5.87. The van der Waals surface area contributed by atoms with Gasteiger partial charge in [-0.3, -0.25) is 0 Å². The van der Waals surface area contributed by atoms with E-state index in [9.17, 15) is 4.79 Å². The minimum absolute atomic E-state index is 0.154. The summed E-state index contributed by atoms with van der Waals surface area (Å²) in [6, 6.07) is 0. The fraction of sp³-hybridized carbons (Fsp3) is 0.727. The lowest BCUT2D eigenvalue weighted by Gasteiger charge is -2.16. The summed E-state index contributed by atoms with van der Waals surface area (Å²) >= 11 is 0. The average molecular weight is 230 g/mol. The Balaban J connectivity index is 2.77. The molecule has 0 unspecified atom stereocenters. The van der Waals surface area contributed by atoms with Gasteiger partial charge in [-0.25, -0.2) is 4.79 Å². The van der Waals surface area contributed by atoms with Gasteiger partial charge in [-0.05, 0) is 26.8 Å². The van der Waals surface area contributed by atoms with E-state index in [0.29, 0.717) is 5.57 Å². The first-order chi connectivity index (χ1) is 7.39. The third-order valence-electron chi connectivity index (χ3n) is 2.32. The van der Waals surface area contributed by atoms with Crippen molar-refractivity contribution in [1.82, 2.24) is 0 Å². The van der Waals surface area contributed by atoms with Crippen LogP contribution in [0.3, 0.4) is 0 Å².